The summed E-state index contributed by atoms with van der Waals surface area (Å²) in [6.07, 6.45) is 2.96. The Hall–Kier alpha value is -2.67. The number of halogens is 1. The van der Waals surface area contributed by atoms with E-state index in [0.717, 1.165) is 53.3 Å². The zero-order chi connectivity index (χ0) is 22.0. The van der Waals surface area contributed by atoms with Gasteiger partial charge >= 0.3 is 0 Å². The molecule has 31 heavy (non-hydrogen) atoms. The fraction of sp³-hybridized carbons (Fsp3) is 0.478. The number of hydrogen-bond donors (Lipinski definition) is 0. The lowest BCUT2D eigenvalue weighted by Gasteiger charge is -2.36. The number of para-hydroxylation sites is 1. The maximum atomic E-state index is 12.3. The summed E-state index contributed by atoms with van der Waals surface area (Å²) >= 11 is 6.01. The van der Waals surface area contributed by atoms with E-state index in [1.54, 1.807) is 6.92 Å². The summed E-state index contributed by atoms with van der Waals surface area (Å²) in [7, 11) is 0. The Labute approximate surface area is 188 Å². The molecule has 0 saturated carbocycles. The first-order chi connectivity index (χ1) is 15.0. The zero-order valence-electron chi connectivity index (χ0n) is 18.4. The van der Waals surface area contributed by atoms with Gasteiger partial charge in [0, 0.05) is 32.6 Å². The minimum absolute atomic E-state index is 0.00846. The second kappa shape index (κ2) is 9.22. The van der Waals surface area contributed by atoms with Gasteiger partial charge in [-0.1, -0.05) is 31.5 Å². The monoisotopic (exact) mass is 440 g/mol. The minimum Gasteiger partial charge on any atom is -0.352 e. The topological polar surface area (TPSA) is 67.2 Å². The van der Waals surface area contributed by atoms with Crippen LogP contribution in [0.25, 0.3) is 16.7 Å². The highest BCUT2D eigenvalue weighted by molar-refractivity contribution is 6.30. The quantitative estimate of drug-likeness (QED) is 0.546. The maximum absolute atomic E-state index is 12.3. The first-order valence-corrected chi connectivity index (χ1v) is 11.4. The normalized spacial score (nSPS) is 15.5. The average Bonchev–Trinajstić information content (AvgIpc) is 3.13. The molecular weight excluding hydrogens is 412 g/mol. The number of aryl methyl sites for hydroxylation is 2. The number of fused-ring (bicyclic) bond motifs is 1. The third-order valence-electron chi connectivity index (χ3n) is 5.72. The lowest BCUT2D eigenvalue weighted by Crippen LogP contribution is -2.50. The van der Waals surface area contributed by atoms with Crippen molar-refractivity contribution in [3.63, 3.8) is 0 Å². The van der Waals surface area contributed by atoms with Crippen molar-refractivity contribution in [1.29, 1.82) is 0 Å². The molecule has 0 N–H and O–H groups in total. The Balaban J connectivity index is 1.74. The molecule has 1 aliphatic heterocycles. The number of benzene rings is 1. The molecule has 1 aromatic carbocycles. The van der Waals surface area contributed by atoms with Crippen LogP contribution in [0.1, 0.15) is 38.2 Å². The summed E-state index contributed by atoms with van der Waals surface area (Å²) in [5.41, 5.74) is 2.73. The van der Waals surface area contributed by atoms with Gasteiger partial charge in [-0.05, 0) is 32.4 Å². The molecule has 3 aromatic rings. The number of aromatic nitrogens is 4. The summed E-state index contributed by atoms with van der Waals surface area (Å²) < 4.78 is 1.92. The standard InChI is InChI=1S/C23H29ClN6O/c1-4-5-11-19-25-21(28-12-14-29(15-13-28)23(31)16(2)24)20-17(3)27-30(22(20)26-19)18-9-7-6-8-10-18/h6-10,16H,4-5,11-15H2,1-3H3/t16-/m0/s1. The third kappa shape index (κ3) is 4.37. The molecule has 1 saturated heterocycles. The van der Waals surface area contributed by atoms with Crippen molar-refractivity contribution in [3.05, 3.63) is 41.9 Å². The van der Waals surface area contributed by atoms with Crippen molar-refractivity contribution in [1.82, 2.24) is 24.6 Å². The Kier molecular flexibility index (Phi) is 6.41. The van der Waals surface area contributed by atoms with E-state index >= 15 is 0 Å². The number of nitrogens with zero attached hydrogens (tertiary/aromatic N) is 6. The molecule has 1 atom stereocenters. The highest BCUT2D eigenvalue weighted by Gasteiger charge is 2.27. The molecule has 164 valence electrons. The largest absolute Gasteiger partial charge is 0.352 e. The van der Waals surface area contributed by atoms with Crippen molar-refractivity contribution in [2.45, 2.75) is 45.4 Å². The molecule has 8 heteroatoms. The number of anilines is 1. The average molecular weight is 441 g/mol. The van der Waals surface area contributed by atoms with Crippen LogP contribution in [0.15, 0.2) is 30.3 Å². The third-order valence-corrected chi connectivity index (χ3v) is 5.90. The number of unbranched alkanes of at least 4 members (excludes halogenated alkanes) is 1. The SMILES string of the molecule is CCCCc1nc(N2CCN(C(=O)[C@H](C)Cl)CC2)c2c(C)nn(-c3ccccc3)c2n1. The predicted octanol–water partition coefficient (Wildman–Crippen LogP) is 3.74. The molecule has 0 spiro atoms. The van der Waals surface area contributed by atoms with Crippen LogP contribution >= 0.6 is 11.6 Å². The van der Waals surface area contributed by atoms with E-state index in [9.17, 15) is 4.79 Å². The summed E-state index contributed by atoms with van der Waals surface area (Å²) in [4.78, 5) is 26.3. The molecule has 0 unspecified atom stereocenters. The van der Waals surface area contributed by atoms with Gasteiger partial charge in [-0.15, -0.1) is 11.6 Å². The summed E-state index contributed by atoms with van der Waals surface area (Å²) in [6.45, 7) is 8.61. The van der Waals surface area contributed by atoms with Gasteiger partial charge in [0.1, 0.15) is 17.0 Å². The van der Waals surface area contributed by atoms with E-state index < -0.39 is 5.38 Å². The van der Waals surface area contributed by atoms with Gasteiger partial charge in [-0.3, -0.25) is 4.79 Å². The highest BCUT2D eigenvalue weighted by atomic mass is 35.5. The summed E-state index contributed by atoms with van der Waals surface area (Å²) in [5.74, 6) is 1.75. The summed E-state index contributed by atoms with van der Waals surface area (Å²) in [5, 5.41) is 5.29. The molecule has 0 bridgehead atoms. The fourth-order valence-corrected chi connectivity index (χ4v) is 4.16. The molecule has 1 amide bonds. The van der Waals surface area contributed by atoms with Gasteiger partial charge in [0.15, 0.2) is 5.65 Å². The van der Waals surface area contributed by atoms with Crippen LogP contribution in [0, 0.1) is 6.92 Å². The van der Waals surface area contributed by atoms with E-state index in [1.165, 1.54) is 0 Å². The predicted molar refractivity (Wildman–Crippen MR) is 124 cm³/mol. The number of hydrogen-bond acceptors (Lipinski definition) is 5. The van der Waals surface area contributed by atoms with Crippen molar-refractivity contribution in [3.8, 4) is 5.69 Å². The van der Waals surface area contributed by atoms with E-state index in [1.807, 2.05) is 46.8 Å². The Morgan fingerprint density at radius 1 is 1.13 bits per heavy atom. The van der Waals surface area contributed by atoms with Gasteiger partial charge in [0.2, 0.25) is 5.91 Å². The van der Waals surface area contributed by atoms with Crippen LogP contribution in [-0.4, -0.2) is 62.1 Å². The van der Waals surface area contributed by atoms with Crippen molar-refractivity contribution < 1.29 is 4.79 Å². The number of amides is 1. The van der Waals surface area contributed by atoms with Crippen LogP contribution in [0.3, 0.4) is 0 Å². The molecule has 0 radical (unpaired) electrons. The Morgan fingerprint density at radius 3 is 2.48 bits per heavy atom. The van der Waals surface area contributed by atoms with Gasteiger partial charge in [-0.2, -0.15) is 5.10 Å². The molecule has 1 aliphatic rings. The van der Waals surface area contributed by atoms with Crippen LogP contribution in [0.5, 0.6) is 0 Å². The Morgan fingerprint density at radius 2 is 1.84 bits per heavy atom. The smallest absolute Gasteiger partial charge is 0.240 e. The molecule has 4 rings (SSSR count). The van der Waals surface area contributed by atoms with Gasteiger partial charge in [0.05, 0.1) is 16.8 Å². The lowest BCUT2D eigenvalue weighted by molar-refractivity contribution is -0.130. The van der Waals surface area contributed by atoms with Gasteiger partial charge in [0.25, 0.3) is 0 Å². The van der Waals surface area contributed by atoms with Gasteiger partial charge < -0.3 is 9.80 Å². The first kappa shape index (κ1) is 21.6. The van der Waals surface area contributed by atoms with E-state index in [4.69, 9.17) is 26.7 Å². The number of piperazine rings is 1. The maximum Gasteiger partial charge on any atom is 0.240 e. The summed E-state index contributed by atoms with van der Waals surface area (Å²) in [6, 6.07) is 10.1. The number of carbonyl (C=O) groups excluding carboxylic acids is 1. The molecular formula is C23H29ClN6O. The van der Waals surface area contributed by atoms with Crippen LogP contribution < -0.4 is 4.90 Å². The molecule has 2 aromatic heterocycles. The van der Waals surface area contributed by atoms with Crippen LogP contribution in [0.4, 0.5) is 5.82 Å². The van der Waals surface area contributed by atoms with Gasteiger partial charge in [-0.25, -0.2) is 14.6 Å². The number of alkyl halides is 1. The lowest BCUT2D eigenvalue weighted by atomic mass is 10.2. The molecule has 7 nitrogen and oxygen atoms in total. The van der Waals surface area contributed by atoms with E-state index in [-0.39, 0.29) is 5.91 Å². The first-order valence-electron chi connectivity index (χ1n) is 11.0. The second-order valence-corrected chi connectivity index (χ2v) is 8.68. The molecule has 3 heterocycles. The van der Waals surface area contributed by atoms with Crippen molar-refractivity contribution in [2.75, 3.05) is 31.1 Å². The van der Waals surface area contributed by atoms with Crippen molar-refractivity contribution in [2.24, 2.45) is 0 Å². The number of carbonyl (C=O) groups is 1. The fourth-order valence-electron chi connectivity index (χ4n) is 4.02. The minimum atomic E-state index is -0.496. The van der Waals surface area contributed by atoms with Crippen LogP contribution in [-0.2, 0) is 11.2 Å². The molecule has 0 aliphatic carbocycles. The second-order valence-electron chi connectivity index (χ2n) is 8.03. The Bertz CT molecular complexity index is 1060. The molecule has 1 fully saturated rings. The number of rotatable bonds is 6. The van der Waals surface area contributed by atoms with Crippen molar-refractivity contribution >= 4 is 34.4 Å². The van der Waals surface area contributed by atoms with E-state index in [2.05, 4.69) is 11.8 Å². The van der Waals surface area contributed by atoms with E-state index in [0.29, 0.717) is 26.2 Å². The zero-order valence-corrected chi connectivity index (χ0v) is 19.1. The van der Waals surface area contributed by atoms with Crippen LogP contribution in [0.2, 0.25) is 0 Å². The highest BCUT2D eigenvalue weighted by Crippen LogP contribution is 2.30.